The number of aryl methyl sites for hydroxylation is 1. The number of hydrogen-bond acceptors (Lipinski definition) is 4. The normalized spacial score (nSPS) is 14.3. The standard InChI is InChI=1S/C23H25BrN2O4/c1-15-4-3-5-20(16(15)2)25-21(27)14-30-23(29)18-10-12-26(13-11-18)22(28)17-6-8-19(24)9-7-17/h3-9,18H,10-14H2,1-2H3,(H,25,27). The van der Waals surface area contributed by atoms with E-state index in [0.29, 0.717) is 31.5 Å². The van der Waals surface area contributed by atoms with Gasteiger partial charge >= 0.3 is 5.97 Å². The number of nitrogens with zero attached hydrogens (tertiary/aromatic N) is 1. The van der Waals surface area contributed by atoms with Crippen LogP contribution < -0.4 is 5.32 Å². The van der Waals surface area contributed by atoms with Gasteiger partial charge in [0.2, 0.25) is 0 Å². The molecule has 158 valence electrons. The smallest absolute Gasteiger partial charge is 0.309 e. The number of piperidine rings is 1. The lowest BCUT2D eigenvalue weighted by Crippen LogP contribution is -2.41. The van der Waals surface area contributed by atoms with Crippen molar-refractivity contribution < 1.29 is 19.1 Å². The number of anilines is 1. The molecule has 30 heavy (non-hydrogen) atoms. The summed E-state index contributed by atoms with van der Waals surface area (Å²) in [4.78, 5) is 38.8. The van der Waals surface area contributed by atoms with Crippen LogP contribution in [0.5, 0.6) is 0 Å². The second kappa shape index (κ2) is 9.89. The van der Waals surface area contributed by atoms with Gasteiger partial charge in [-0.1, -0.05) is 28.1 Å². The van der Waals surface area contributed by atoms with E-state index in [1.807, 2.05) is 44.2 Å². The number of esters is 1. The fourth-order valence-electron chi connectivity index (χ4n) is 3.42. The topological polar surface area (TPSA) is 75.7 Å². The Bertz CT molecular complexity index is 935. The molecule has 3 rings (SSSR count). The first kappa shape index (κ1) is 22.0. The van der Waals surface area contributed by atoms with Crippen LogP contribution in [0.25, 0.3) is 0 Å². The second-order valence-electron chi connectivity index (χ2n) is 7.48. The third-order valence-corrected chi connectivity index (χ3v) is 5.96. The molecule has 2 amide bonds. The summed E-state index contributed by atoms with van der Waals surface area (Å²) in [5.74, 6) is -1.09. The molecule has 0 aromatic heterocycles. The van der Waals surface area contributed by atoms with Crippen molar-refractivity contribution in [1.29, 1.82) is 0 Å². The van der Waals surface area contributed by atoms with Gasteiger partial charge in [0, 0.05) is 28.8 Å². The highest BCUT2D eigenvalue weighted by Crippen LogP contribution is 2.22. The molecule has 1 aliphatic rings. The molecule has 1 aliphatic heterocycles. The van der Waals surface area contributed by atoms with Gasteiger partial charge in [0.25, 0.3) is 11.8 Å². The molecule has 0 bridgehead atoms. The molecular formula is C23H25BrN2O4. The Kier molecular flexibility index (Phi) is 7.26. The van der Waals surface area contributed by atoms with E-state index in [0.717, 1.165) is 21.3 Å². The molecule has 7 heteroatoms. The summed E-state index contributed by atoms with van der Waals surface area (Å²) in [6.07, 6.45) is 1.05. The maximum Gasteiger partial charge on any atom is 0.309 e. The van der Waals surface area contributed by atoms with Gasteiger partial charge in [0.05, 0.1) is 5.92 Å². The summed E-state index contributed by atoms with van der Waals surface area (Å²) < 4.78 is 6.14. The van der Waals surface area contributed by atoms with Crippen molar-refractivity contribution in [3.8, 4) is 0 Å². The van der Waals surface area contributed by atoms with E-state index in [1.165, 1.54) is 0 Å². The molecule has 2 aromatic rings. The summed E-state index contributed by atoms with van der Waals surface area (Å²) >= 11 is 3.36. The predicted molar refractivity (Wildman–Crippen MR) is 118 cm³/mol. The summed E-state index contributed by atoms with van der Waals surface area (Å²) in [5, 5.41) is 2.78. The van der Waals surface area contributed by atoms with E-state index in [1.54, 1.807) is 17.0 Å². The molecule has 1 fully saturated rings. The third-order valence-electron chi connectivity index (χ3n) is 5.43. The molecule has 2 aromatic carbocycles. The number of benzene rings is 2. The van der Waals surface area contributed by atoms with Crippen LogP contribution in [0.15, 0.2) is 46.9 Å². The minimum absolute atomic E-state index is 0.0396. The molecule has 1 saturated heterocycles. The van der Waals surface area contributed by atoms with E-state index in [4.69, 9.17) is 4.74 Å². The lowest BCUT2D eigenvalue weighted by atomic mass is 9.96. The zero-order valence-electron chi connectivity index (χ0n) is 17.1. The number of likely N-dealkylation sites (tertiary alicyclic amines) is 1. The van der Waals surface area contributed by atoms with Gasteiger partial charge < -0.3 is 15.0 Å². The zero-order chi connectivity index (χ0) is 21.7. The van der Waals surface area contributed by atoms with E-state index < -0.39 is 0 Å². The van der Waals surface area contributed by atoms with Crippen molar-refractivity contribution in [2.75, 3.05) is 25.0 Å². The number of nitrogens with one attached hydrogen (secondary N) is 1. The van der Waals surface area contributed by atoms with Crippen LogP contribution in [0.1, 0.15) is 34.3 Å². The van der Waals surface area contributed by atoms with E-state index in [9.17, 15) is 14.4 Å². The molecule has 1 N–H and O–H groups in total. The zero-order valence-corrected chi connectivity index (χ0v) is 18.7. The van der Waals surface area contributed by atoms with E-state index >= 15 is 0 Å². The first-order chi connectivity index (χ1) is 14.3. The largest absolute Gasteiger partial charge is 0.455 e. The maximum absolute atomic E-state index is 12.6. The monoisotopic (exact) mass is 472 g/mol. The van der Waals surface area contributed by atoms with Crippen LogP contribution in [0.4, 0.5) is 5.69 Å². The Morgan fingerprint density at radius 3 is 2.40 bits per heavy atom. The van der Waals surface area contributed by atoms with Gasteiger partial charge in [-0.3, -0.25) is 14.4 Å². The Hall–Kier alpha value is -2.67. The Morgan fingerprint density at radius 2 is 1.73 bits per heavy atom. The highest BCUT2D eigenvalue weighted by atomic mass is 79.9. The first-order valence-electron chi connectivity index (χ1n) is 9.92. The van der Waals surface area contributed by atoms with Gasteiger partial charge in [-0.2, -0.15) is 0 Å². The van der Waals surface area contributed by atoms with Crippen LogP contribution in [0.2, 0.25) is 0 Å². The van der Waals surface area contributed by atoms with E-state index in [-0.39, 0.29) is 30.3 Å². The fraction of sp³-hybridized carbons (Fsp3) is 0.348. The molecule has 0 unspecified atom stereocenters. The Labute approximate surface area is 184 Å². The number of carbonyl (C=O) groups is 3. The number of carbonyl (C=O) groups excluding carboxylic acids is 3. The van der Waals surface area contributed by atoms with Crippen molar-refractivity contribution in [3.63, 3.8) is 0 Å². The van der Waals surface area contributed by atoms with Crippen LogP contribution in [-0.4, -0.2) is 42.4 Å². The van der Waals surface area contributed by atoms with Gasteiger partial charge in [0.15, 0.2) is 6.61 Å². The molecule has 0 spiro atoms. The van der Waals surface area contributed by atoms with E-state index in [2.05, 4.69) is 21.2 Å². The van der Waals surface area contributed by atoms with Gasteiger partial charge in [0.1, 0.15) is 0 Å². The molecule has 0 saturated carbocycles. The molecule has 0 radical (unpaired) electrons. The molecule has 0 atom stereocenters. The SMILES string of the molecule is Cc1cccc(NC(=O)COC(=O)C2CCN(C(=O)c3ccc(Br)cc3)CC2)c1C. The maximum atomic E-state index is 12.6. The van der Waals surface area contributed by atoms with Crippen molar-refractivity contribution >= 4 is 39.4 Å². The van der Waals surface area contributed by atoms with Crippen LogP contribution in [-0.2, 0) is 14.3 Å². The van der Waals surface area contributed by atoms with Crippen LogP contribution in [0.3, 0.4) is 0 Å². The van der Waals surface area contributed by atoms with Gasteiger partial charge in [-0.15, -0.1) is 0 Å². The minimum Gasteiger partial charge on any atom is -0.455 e. The van der Waals surface area contributed by atoms with Crippen molar-refractivity contribution in [2.24, 2.45) is 5.92 Å². The lowest BCUT2D eigenvalue weighted by molar-refractivity contribution is -0.152. The number of rotatable bonds is 5. The molecular weight excluding hydrogens is 448 g/mol. The predicted octanol–water partition coefficient (Wildman–Crippen LogP) is 4.10. The average molecular weight is 473 g/mol. The number of amides is 2. The third kappa shape index (κ3) is 5.48. The lowest BCUT2D eigenvalue weighted by Gasteiger charge is -2.31. The summed E-state index contributed by atoms with van der Waals surface area (Å²) in [6, 6.07) is 12.9. The van der Waals surface area contributed by atoms with Crippen molar-refractivity contribution in [3.05, 3.63) is 63.6 Å². The van der Waals surface area contributed by atoms with Crippen LogP contribution in [0, 0.1) is 19.8 Å². The molecule has 0 aliphatic carbocycles. The number of halogens is 1. The number of hydrogen-bond donors (Lipinski definition) is 1. The summed E-state index contributed by atoms with van der Waals surface area (Å²) in [5.41, 5.74) is 3.41. The highest BCUT2D eigenvalue weighted by Gasteiger charge is 2.29. The number of ether oxygens (including phenoxy) is 1. The Morgan fingerprint density at radius 1 is 1.07 bits per heavy atom. The average Bonchev–Trinajstić information content (AvgIpc) is 2.75. The Balaban J connectivity index is 1.45. The van der Waals surface area contributed by atoms with Gasteiger partial charge in [-0.25, -0.2) is 0 Å². The fourth-order valence-corrected chi connectivity index (χ4v) is 3.68. The quantitative estimate of drug-likeness (QED) is 0.664. The van der Waals surface area contributed by atoms with Crippen molar-refractivity contribution in [2.45, 2.75) is 26.7 Å². The summed E-state index contributed by atoms with van der Waals surface area (Å²) in [6.45, 7) is 4.57. The van der Waals surface area contributed by atoms with Crippen molar-refractivity contribution in [1.82, 2.24) is 4.90 Å². The molecule has 6 nitrogen and oxygen atoms in total. The highest BCUT2D eigenvalue weighted by molar-refractivity contribution is 9.10. The van der Waals surface area contributed by atoms with Crippen LogP contribution >= 0.6 is 15.9 Å². The van der Waals surface area contributed by atoms with Gasteiger partial charge in [-0.05, 0) is 68.1 Å². The minimum atomic E-state index is -0.387. The first-order valence-corrected chi connectivity index (χ1v) is 10.7. The summed E-state index contributed by atoms with van der Waals surface area (Å²) in [7, 11) is 0. The second-order valence-corrected chi connectivity index (χ2v) is 8.39. The molecule has 1 heterocycles.